The van der Waals surface area contributed by atoms with Crippen LogP contribution >= 0.6 is 0 Å². The van der Waals surface area contributed by atoms with Crippen molar-refractivity contribution in [2.45, 2.75) is 13.1 Å². The Bertz CT molecular complexity index is 789. The highest BCUT2D eigenvalue weighted by molar-refractivity contribution is 5.59. The SMILES string of the molecule is Cc1ccc(-n2ccnc2-c2ccccc2)cc1C(F)(F)F. The molecule has 2 nitrogen and oxygen atoms in total. The molecule has 0 bridgehead atoms. The molecule has 0 radical (unpaired) electrons. The van der Waals surface area contributed by atoms with E-state index < -0.39 is 11.7 Å². The molecule has 0 aliphatic rings. The second-order valence-electron chi connectivity index (χ2n) is 4.98. The molecule has 3 aromatic rings. The minimum absolute atomic E-state index is 0.206. The highest BCUT2D eigenvalue weighted by Gasteiger charge is 2.32. The molecular formula is C17H13F3N2. The normalized spacial score (nSPS) is 11.6. The van der Waals surface area contributed by atoms with Gasteiger partial charge >= 0.3 is 6.18 Å². The molecule has 0 N–H and O–H groups in total. The Labute approximate surface area is 125 Å². The molecule has 0 spiro atoms. The van der Waals surface area contributed by atoms with Gasteiger partial charge in [-0.15, -0.1) is 0 Å². The lowest BCUT2D eigenvalue weighted by molar-refractivity contribution is -0.138. The van der Waals surface area contributed by atoms with Gasteiger partial charge in [0.2, 0.25) is 0 Å². The first-order valence-corrected chi connectivity index (χ1v) is 6.74. The molecule has 22 heavy (non-hydrogen) atoms. The molecule has 3 rings (SSSR count). The van der Waals surface area contributed by atoms with Crippen LogP contribution in [0.5, 0.6) is 0 Å². The van der Waals surface area contributed by atoms with E-state index in [9.17, 15) is 13.2 Å². The zero-order chi connectivity index (χ0) is 15.7. The van der Waals surface area contributed by atoms with Crippen molar-refractivity contribution >= 4 is 0 Å². The molecule has 0 saturated heterocycles. The second-order valence-corrected chi connectivity index (χ2v) is 4.98. The second kappa shape index (κ2) is 5.33. The summed E-state index contributed by atoms with van der Waals surface area (Å²) in [5.41, 5.74) is 0.867. The first-order chi connectivity index (χ1) is 10.5. The average Bonchev–Trinajstić information content (AvgIpc) is 2.97. The largest absolute Gasteiger partial charge is 0.416 e. The van der Waals surface area contributed by atoms with E-state index >= 15 is 0 Å². The van der Waals surface area contributed by atoms with Gasteiger partial charge in [-0.05, 0) is 24.6 Å². The molecule has 112 valence electrons. The molecular weight excluding hydrogens is 289 g/mol. The summed E-state index contributed by atoms with van der Waals surface area (Å²) in [7, 11) is 0. The number of imidazole rings is 1. The number of benzene rings is 2. The average molecular weight is 302 g/mol. The smallest absolute Gasteiger partial charge is 0.300 e. The monoisotopic (exact) mass is 302 g/mol. The van der Waals surface area contributed by atoms with Crippen LogP contribution in [0.2, 0.25) is 0 Å². The predicted octanol–water partition coefficient (Wildman–Crippen LogP) is 4.87. The third-order valence-electron chi connectivity index (χ3n) is 3.48. The van der Waals surface area contributed by atoms with Gasteiger partial charge in [0, 0.05) is 23.6 Å². The number of rotatable bonds is 2. The lowest BCUT2D eigenvalue weighted by atomic mass is 10.1. The van der Waals surface area contributed by atoms with E-state index in [4.69, 9.17) is 0 Å². The van der Waals surface area contributed by atoms with Crippen molar-refractivity contribution in [3.63, 3.8) is 0 Å². The van der Waals surface area contributed by atoms with E-state index in [2.05, 4.69) is 4.98 Å². The highest BCUT2D eigenvalue weighted by Crippen LogP contribution is 2.33. The molecule has 0 unspecified atom stereocenters. The van der Waals surface area contributed by atoms with Gasteiger partial charge in [0.05, 0.1) is 5.56 Å². The molecule has 0 aliphatic carbocycles. The number of nitrogens with zero attached hydrogens (tertiary/aromatic N) is 2. The summed E-state index contributed by atoms with van der Waals surface area (Å²) in [6.07, 6.45) is -1.13. The van der Waals surface area contributed by atoms with Crippen LogP contribution < -0.4 is 0 Å². The fourth-order valence-corrected chi connectivity index (χ4v) is 2.38. The van der Waals surface area contributed by atoms with Gasteiger partial charge in [0.15, 0.2) is 0 Å². The fraction of sp³-hybridized carbons (Fsp3) is 0.118. The molecule has 5 heteroatoms. The van der Waals surface area contributed by atoms with Gasteiger partial charge in [-0.1, -0.05) is 36.4 Å². The van der Waals surface area contributed by atoms with E-state index in [-0.39, 0.29) is 5.56 Å². The van der Waals surface area contributed by atoms with Crippen LogP contribution in [0, 0.1) is 6.92 Å². The maximum Gasteiger partial charge on any atom is 0.416 e. The minimum Gasteiger partial charge on any atom is -0.300 e. The van der Waals surface area contributed by atoms with E-state index in [1.807, 2.05) is 30.3 Å². The number of alkyl halides is 3. The van der Waals surface area contributed by atoms with E-state index in [1.165, 1.54) is 13.0 Å². The number of hydrogen-bond acceptors (Lipinski definition) is 1. The molecule has 0 saturated carbocycles. The first-order valence-electron chi connectivity index (χ1n) is 6.74. The zero-order valence-electron chi connectivity index (χ0n) is 11.8. The highest BCUT2D eigenvalue weighted by atomic mass is 19.4. The quantitative estimate of drug-likeness (QED) is 0.660. The zero-order valence-corrected chi connectivity index (χ0v) is 11.8. The van der Waals surface area contributed by atoms with Crippen molar-refractivity contribution in [3.8, 4) is 17.1 Å². The molecule has 0 amide bonds. The number of aryl methyl sites for hydroxylation is 1. The Balaban J connectivity index is 2.13. The van der Waals surface area contributed by atoms with Crippen LogP contribution in [-0.2, 0) is 6.18 Å². The van der Waals surface area contributed by atoms with Crippen LogP contribution in [0.3, 0.4) is 0 Å². The van der Waals surface area contributed by atoms with Gasteiger partial charge in [-0.2, -0.15) is 13.2 Å². The number of halogens is 3. The fourth-order valence-electron chi connectivity index (χ4n) is 2.38. The standard InChI is InChI=1S/C17H13F3N2/c1-12-7-8-14(11-15(12)17(18,19)20)22-10-9-21-16(22)13-5-3-2-4-6-13/h2-11H,1H3. The van der Waals surface area contributed by atoms with Gasteiger partial charge < -0.3 is 0 Å². The lowest BCUT2D eigenvalue weighted by Crippen LogP contribution is -2.09. The molecule has 0 fully saturated rings. The molecule has 0 atom stereocenters. The van der Waals surface area contributed by atoms with Crippen LogP contribution in [0.15, 0.2) is 60.9 Å². The maximum absolute atomic E-state index is 13.1. The van der Waals surface area contributed by atoms with E-state index in [1.54, 1.807) is 23.0 Å². The van der Waals surface area contributed by atoms with Crippen LogP contribution in [-0.4, -0.2) is 9.55 Å². The van der Waals surface area contributed by atoms with Gasteiger partial charge in [-0.3, -0.25) is 4.57 Å². The number of hydrogen-bond donors (Lipinski definition) is 0. The third kappa shape index (κ3) is 2.62. The first kappa shape index (κ1) is 14.4. The summed E-state index contributed by atoms with van der Waals surface area (Å²) in [6.45, 7) is 1.46. The summed E-state index contributed by atoms with van der Waals surface area (Å²) in [5, 5.41) is 0. The van der Waals surface area contributed by atoms with Gasteiger partial charge in [0.25, 0.3) is 0 Å². The molecule has 1 heterocycles. The van der Waals surface area contributed by atoms with Gasteiger partial charge in [-0.25, -0.2) is 4.98 Å². The summed E-state index contributed by atoms with van der Waals surface area (Å²) in [4.78, 5) is 4.26. The summed E-state index contributed by atoms with van der Waals surface area (Å²) in [5.74, 6) is 0.609. The van der Waals surface area contributed by atoms with Crippen molar-refractivity contribution in [3.05, 3.63) is 72.1 Å². The van der Waals surface area contributed by atoms with Crippen LogP contribution in [0.4, 0.5) is 13.2 Å². The van der Waals surface area contributed by atoms with Crippen LogP contribution in [0.1, 0.15) is 11.1 Å². The Hall–Kier alpha value is -2.56. The third-order valence-corrected chi connectivity index (χ3v) is 3.48. The van der Waals surface area contributed by atoms with Crippen LogP contribution in [0.25, 0.3) is 17.1 Å². The van der Waals surface area contributed by atoms with Crippen molar-refractivity contribution in [2.75, 3.05) is 0 Å². The Kier molecular flexibility index (Phi) is 3.48. The maximum atomic E-state index is 13.1. The van der Waals surface area contributed by atoms with Gasteiger partial charge in [0.1, 0.15) is 5.82 Å². The van der Waals surface area contributed by atoms with E-state index in [0.717, 1.165) is 11.6 Å². The van der Waals surface area contributed by atoms with Crippen molar-refractivity contribution in [2.24, 2.45) is 0 Å². The lowest BCUT2D eigenvalue weighted by Gasteiger charge is -2.14. The summed E-state index contributed by atoms with van der Waals surface area (Å²) >= 11 is 0. The molecule has 0 aliphatic heterocycles. The number of aromatic nitrogens is 2. The predicted molar refractivity (Wildman–Crippen MR) is 78.7 cm³/mol. The van der Waals surface area contributed by atoms with Crippen molar-refractivity contribution in [1.29, 1.82) is 0 Å². The molecule has 1 aromatic heterocycles. The van der Waals surface area contributed by atoms with Crippen molar-refractivity contribution in [1.82, 2.24) is 9.55 Å². The molecule has 2 aromatic carbocycles. The summed E-state index contributed by atoms with van der Waals surface area (Å²) in [6, 6.07) is 13.7. The topological polar surface area (TPSA) is 17.8 Å². The minimum atomic E-state index is -4.37. The van der Waals surface area contributed by atoms with Crippen molar-refractivity contribution < 1.29 is 13.2 Å². The summed E-state index contributed by atoms with van der Waals surface area (Å²) < 4.78 is 40.9. The Morgan fingerprint density at radius 2 is 1.73 bits per heavy atom. The van der Waals surface area contributed by atoms with E-state index in [0.29, 0.717) is 11.5 Å². The Morgan fingerprint density at radius 3 is 2.41 bits per heavy atom. The Morgan fingerprint density at radius 1 is 1.00 bits per heavy atom.